The van der Waals surface area contributed by atoms with Crippen LogP contribution in [0.15, 0.2) is 54.7 Å². The van der Waals surface area contributed by atoms with Crippen LogP contribution in [0.1, 0.15) is 253 Å². The molecule has 0 radical (unpaired) electrons. The second-order valence-electron chi connectivity index (χ2n) is 38.8. The number of phenolic OH excluding ortho intramolecular Hbond substituents is 1. The molecule has 30 N–H and O–H groups in total. The average Bonchev–Trinajstić information content (AvgIpc) is 1.68. The number of aromatic hydroxyl groups is 1. The van der Waals surface area contributed by atoms with Gasteiger partial charge in [-0.15, -0.1) is 0 Å². The van der Waals surface area contributed by atoms with Gasteiger partial charge in [0.2, 0.25) is 106 Å². The summed E-state index contributed by atoms with van der Waals surface area (Å²) in [7, 11) is 1.52. The molecule has 2 heterocycles. The third-order valence-electron chi connectivity index (χ3n) is 24.6. The van der Waals surface area contributed by atoms with Crippen molar-refractivity contribution in [2.75, 3.05) is 66.0 Å². The highest BCUT2D eigenvalue weighted by molar-refractivity contribution is 6.02. The van der Waals surface area contributed by atoms with E-state index in [1.165, 1.54) is 82.2 Å². The van der Waals surface area contributed by atoms with Gasteiger partial charge in [-0.25, -0.2) is 4.79 Å². The van der Waals surface area contributed by atoms with Crippen molar-refractivity contribution in [3.8, 4) is 5.75 Å². The van der Waals surface area contributed by atoms with Crippen LogP contribution in [-0.2, 0) is 104 Å². The van der Waals surface area contributed by atoms with E-state index >= 15 is 0 Å². The molecule has 46 heteroatoms. The number of nitrogens with one attached hydrogen (secondary N) is 18. The van der Waals surface area contributed by atoms with Gasteiger partial charge in [-0.05, 0) is 203 Å². The molecule has 18 amide bonds. The number of rotatable bonds is 74. The van der Waals surface area contributed by atoms with Crippen LogP contribution in [0.4, 0.5) is 0 Å². The minimum Gasteiger partial charge on any atom is -0.508 e. The maximum atomic E-state index is 14.6. The number of aliphatic hydroxyl groups excluding tert-OH is 2. The first-order valence-electron chi connectivity index (χ1n) is 51.4. The fourth-order valence-corrected chi connectivity index (χ4v) is 16.6. The number of nitrogens with two attached hydrogens (primary N) is 4. The third kappa shape index (κ3) is 47.8. The van der Waals surface area contributed by atoms with Crippen LogP contribution in [0.3, 0.4) is 0 Å². The number of nitrogens with zero attached hydrogens (tertiary/aromatic N) is 1. The number of unbranched alkanes of at least 4 members (excludes halogenated alkanes) is 12. The van der Waals surface area contributed by atoms with E-state index in [2.05, 4.69) is 102 Å². The molecule has 1 fully saturated rings. The Labute approximate surface area is 854 Å². The van der Waals surface area contributed by atoms with Gasteiger partial charge in [0.25, 0.3) is 0 Å². The van der Waals surface area contributed by atoms with Crippen LogP contribution >= 0.6 is 0 Å². The van der Waals surface area contributed by atoms with Crippen molar-refractivity contribution < 1.29 is 112 Å². The first-order valence-corrected chi connectivity index (χ1v) is 51.4. The number of aromatic nitrogens is 1. The summed E-state index contributed by atoms with van der Waals surface area (Å²) in [5.74, 6) is -18.0. The molecule has 1 aliphatic heterocycles. The number of carbonyl (C=O) groups is 19. The number of benzene rings is 2. The molecule has 1 saturated heterocycles. The Hall–Kier alpha value is -12.5. The summed E-state index contributed by atoms with van der Waals surface area (Å²) in [5.41, 5.74) is 24.7. The number of aromatic amines is 1. The second kappa shape index (κ2) is 68.8. The number of likely N-dealkylation sites (tertiary alicyclic amines) is 1. The van der Waals surface area contributed by atoms with E-state index in [1.807, 2.05) is 6.07 Å². The van der Waals surface area contributed by atoms with E-state index in [1.54, 1.807) is 65.9 Å². The number of amides is 18. The van der Waals surface area contributed by atoms with Gasteiger partial charge in [0.05, 0.1) is 38.8 Å². The predicted molar refractivity (Wildman–Crippen MR) is 545 cm³/mol. The van der Waals surface area contributed by atoms with E-state index < -0.39 is 223 Å². The number of carbonyl (C=O) groups excluding carboxylic acids is 18. The van der Waals surface area contributed by atoms with Gasteiger partial charge in [0.15, 0.2) is 0 Å². The minimum atomic E-state index is -1.90. The molecule has 0 unspecified atom stereocenters. The van der Waals surface area contributed by atoms with Crippen molar-refractivity contribution in [1.82, 2.24) is 100 Å². The minimum absolute atomic E-state index is 0.00366. The van der Waals surface area contributed by atoms with Gasteiger partial charge >= 0.3 is 5.97 Å². The van der Waals surface area contributed by atoms with E-state index in [9.17, 15) is 112 Å². The molecule has 46 nitrogen and oxygen atoms in total. The van der Waals surface area contributed by atoms with Gasteiger partial charge in [-0.1, -0.05) is 130 Å². The fraction of sp³-hybridized carbons (Fsp3) is 0.670. The molecule has 3 aromatic rings. The average molecular weight is 2060 g/mol. The van der Waals surface area contributed by atoms with Crippen molar-refractivity contribution in [3.63, 3.8) is 0 Å². The van der Waals surface area contributed by atoms with Crippen LogP contribution in [0.2, 0.25) is 0 Å². The van der Waals surface area contributed by atoms with Crippen molar-refractivity contribution in [2.45, 2.75) is 346 Å². The molecule has 4 rings (SSSR count). The van der Waals surface area contributed by atoms with Crippen LogP contribution < -0.4 is 113 Å². The summed E-state index contributed by atoms with van der Waals surface area (Å²) >= 11 is 0. The van der Waals surface area contributed by atoms with Crippen LogP contribution in [0, 0.1) is 17.8 Å². The van der Waals surface area contributed by atoms with E-state index in [0.717, 1.165) is 36.6 Å². The molecule has 15 atom stereocenters. The molecule has 1 aromatic heterocycles. The molecule has 0 saturated carbocycles. The molecule has 818 valence electrons. The summed E-state index contributed by atoms with van der Waals surface area (Å²) in [4.78, 5) is 268. The lowest BCUT2D eigenvalue weighted by Gasteiger charge is -2.29. The summed E-state index contributed by atoms with van der Waals surface area (Å²) in [6.07, 6.45) is 12.7. The maximum Gasteiger partial charge on any atom is 0.326 e. The zero-order chi connectivity index (χ0) is 108. The second-order valence-corrected chi connectivity index (χ2v) is 38.8. The summed E-state index contributed by atoms with van der Waals surface area (Å²) < 4.78 is 0. The molecule has 146 heavy (non-hydrogen) atoms. The van der Waals surface area contributed by atoms with E-state index in [0.29, 0.717) is 81.9 Å². The lowest BCUT2D eigenvalue weighted by molar-refractivity contribution is -0.142. The fourth-order valence-electron chi connectivity index (χ4n) is 16.6. The number of phenols is 1. The van der Waals surface area contributed by atoms with Crippen LogP contribution in [0.5, 0.6) is 5.75 Å². The Balaban J connectivity index is 1.44. The molecule has 0 spiro atoms. The number of carboxylic acids is 1. The van der Waals surface area contributed by atoms with Crippen molar-refractivity contribution >= 4 is 123 Å². The summed E-state index contributed by atoms with van der Waals surface area (Å²) in [5, 5.41) is 86.1. The predicted octanol–water partition coefficient (Wildman–Crippen LogP) is -1.51. The van der Waals surface area contributed by atoms with Crippen LogP contribution in [-0.4, -0.2) is 299 Å². The number of aliphatic hydroxyl groups is 2. The Kier molecular flexibility index (Phi) is 59.2. The molecule has 0 bridgehead atoms. The lowest BCUT2D eigenvalue weighted by Crippen LogP contribution is -2.62. The Morgan fingerprint density at radius 2 is 0.870 bits per heavy atom. The van der Waals surface area contributed by atoms with Gasteiger partial charge in [0, 0.05) is 49.5 Å². The van der Waals surface area contributed by atoms with Gasteiger partial charge in [-0.2, -0.15) is 0 Å². The molecule has 0 aliphatic carbocycles. The lowest BCUT2D eigenvalue weighted by atomic mass is 9.99. The standard InChI is InChI=1S/C100H165N23O23/c1-11-12-13-14-15-16-17-18-19-38-82(128)106-46-29-25-35-70(91(136)116-72(100(145)146)36-24-28-45-103)114-89(134)69(33-22-26-43-101)113-90(135)71(34-23-27-44-102)115-98(143)80-37-30-47-123(80)85(131)57-109-88(133)73(48-59(2)3)117-92(137)74(49-60(4)5)118-94(139)76(51-64-39-41-66(126)42-40-64)111-84(130)56-108-87(132)62(8)110-97(142)79(58-124)121-95(140)78(53-81(104)127)119-93(138)75(50-61(6)7)120-99(144)86(63(9)125)122-96(141)77(112-83(129)55-105-10)52-65-54-107-68-32-21-20-31-67(65)68/h20-21,31-32,39-42,54,59-63,69-80,86,105,107,124-126H,11-19,22-30,33-38,43-53,55-58,101-103H2,1-10H3,(H2,104,127)(H,106,128)(H,108,132)(H,109,133)(H,110,142)(H,111,130)(H,112,129)(H,113,135)(H,114,134)(H,115,143)(H,116,136)(H,117,137)(H,118,139)(H,119,138)(H,120,144)(H,121,140)(H,122,141)(H,145,146)/t62-,63+,69-,70-,71-,72-,73-,74-,75-,76-,77-,78-,79-,80-,86-/m0/s1. The Morgan fingerprint density at radius 3 is 1.39 bits per heavy atom. The molecule has 1 aliphatic rings. The zero-order valence-corrected chi connectivity index (χ0v) is 86.5. The zero-order valence-electron chi connectivity index (χ0n) is 86.5. The number of carboxylic acid groups (broad SMARTS) is 1. The number of aliphatic carboxylic acids is 1. The molecular weight excluding hydrogens is 1890 g/mol. The number of fused-ring (bicyclic) bond motifs is 1. The quantitative estimate of drug-likeness (QED) is 0.0286. The Morgan fingerprint density at radius 1 is 0.432 bits per heavy atom. The molecular formula is C100H165N23O23. The largest absolute Gasteiger partial charge is 0.508 e. The number of likely N-dealkylation sites (N-methyl/N-ethyl adjacent to an activating group) is 1. The van der Waals surface area contributed by atoms with Gasteiger partial charge < -0.3 is 144 Å². The van der Waals surface area contributed by atoms with Gasteiger partial charge in [-0.3, -0.25) is 86.3 Å². The Bertz CT molecular complexity index is 4670. The summed E-state index contributed by atoms with van der Waals surface area (Å²) in [6, 6.07) is -7.76. The van der Waals surface area contributed by atoms with Crippen LogP contribution in [0.25, 0.3) is 10.9 Å². The number of para-hydroxylation sites is 1. The van der Waals surface area contributed by atoms with Crippen molar-refractivity contribution in [3.05, 3.63) is 65.9 Å². The highest BCUT2D eigenvalue weighted by Gasteiger charge is 2.41. The normalized spacial score (nSPS) is 15.2. The van der Waals surface area contributed by atoms with Crippen molar-refractivity contribution in [2.24, 2.45) is 40.7 Å². The SMILES string of the molecule is CCCCCCCCCCCC(=O)NCCCC[C@H](NC(=O)[C@H](CCCCN)NC(=O)[C@H](CCCCN)NC(=O)[C@@H]1CCCN1C(=O)CNC(=O)[C@H](CC(C)C)NC(=O)[C@H](CC(C)C)NC(=O)[C@H](Cc1ccc(O)cc1)NC(=O)CNC(=O)[C@H](C)NC(=O)[C@H](CO)NC(=O)[C@H](CC(N)=O)NC(=O)[C@H](CC(C)C)NC(=O)[C@@H](NC(=O)[C@H](Cc1c[nH]c2ccccc12)NC(=O)CNC)[C@@H](C)O)C(=O)N[C@@H](CCCCN)C(=O)O. The number of hydrogen-bond donors (Lipinski definition) is 26. The highest BCUT2D eigenvalue weighted by atomic mass is 16.4. The number of primary amides is 1. The first kappa shape index (κ1) is 126. The molecule has 2 aromatic carbocycles. The third-order valence-corrected chi connectivity index (χ3v) is 24.6. The topological polar surface area (TPSA) is 733 Å². The smallest absolute Gasteiger partial charge is 0.326 e. The highest BCUT2D eigenvalue weighted by Crippen LogP contribution is 2.24. The van der Waals surface area contributed by atoms with E-state index in [4.69, 9.17) is 22.9 Å². The van der Waals surface area contributed by atoms with Crippen molar-refractivity contribution in [1.29, 1.82) is 0 Å². The monoisotopic (exact) mass is 2060 g/mol. The van der Waals surface area contributed by atoms with Gasteiger partial charge in [0.1, 0.15) is 90.3 Å². The first-order chi connectivity index (χ1) is 69.5. The maximum absolute atomic E-state index is 14.6. The number of hydrogen-bond acceptors (Lipinski definition) is 26. The van der Waals surface area contributed by atoms with E-state index in [-0.39, 0.29) is 126 Å². The summed E-state index contributed by atoms with van der Waals surface area (Å²) in [6.45, 7) is 13.2. The number of H-pyrrole nitrogens is 1.